The topological polar surface area (TPSA) is 72.9 Å². The van der Waals surface area contributed by atoms with E-state index in [1.807, 2.05) is 6.92 Å². The largest absolute Gasteiger partial charge is 0.398 e. The summed E-state index contributed by atoms with van der Waals surface area (Å²) < 4.78 is 40.3. The van der Waals surface area contributed by atoms with Crippen molar-refractivity contribution < 1.29 is 18.0 Å². The van der Waals surface area contributed by atoms with Crippen LogP contribution in [0.3, 0.4) is 0 Å². The Labute approximate surface area is 146 Å². The quantitative estimate of drug-likeness (QED) is 0.705. The van der Waals surface area contributed by atoms with Crippen LogP contribution in [0.1, 0.15) is 33.1 Å². The molecule has 3 aromatic rings. The van der Waals surface area contributed by atoms with Gasteiger partial charge < -0.3 is 11.1 Å². The minimum absolute atomic E-state index is 0.274. The molecule has 3 N–H and O–H groups in total. The van der Waals surface area contributed by atoms with E-state index in [1.54, 1.807) is 6.07 Å². The number of amides is 1. The van der Waals surface area contributed by atoms with Crippen molar-refractivity contribution >= 4 is 22.5 Å². The number of nitrogen functional groups attached to an aromatic ring is 1. The third-order valence-electron chi connectivity index (χ3n) is 4.68. The summed E-state index contributed by atoms with van der Waals surface area (Å²) in [6.45, 7) is 1.23. The number of carbonyl (C=O) groups excluding carboxylic acids is 1. The number of anilines is 1. The molecule has 0 radical (unpaired) electrons. The fraction of sp³-hybridized carbons (Fsp3) is 0.222. The van der Waals surface area contributed by atoms with Gasteiger partial charge in [-0.3, -0.25) is 9.48 Å². The second-order valence-electron chi connectivity index (χ2n) is 6.31. The normalized spacial score (nSPS) is 16.3. The molecule has 8 heteroatoms. The Morgan fingerprint density at radius 3 is 2.85 bits per heavy atom. The number of alkyl halides is 2. The number of halogens is 3. The SMILES string of the molecule is Cc1ccc(F)cc1C1NC(=O)c2c1c(N)cc1c2cnn1CC(F)F. The highest BCUT2D eigenvalue weighted by molar-refractivity contribution is 6.12. The third-order valence-corrected chi connectivity index (χ3v) is 4.68. The van der Waals surface area contributed by atoms with Crippen molar-refractivity contribution in [1.82, 2.24) is 15.1 Å². The van der Waals surface area contributed by atoms with E-state index in [4.69, 9.17) is 5.73 Å². The molecular weight excluding hydrogens is 345 g/mol. The van der Waals surface area contributed by atoms with Gasteiger partial charge in [-0.1, -0.05) is 6.07 Å². The highest BCUT2D eigenvalue weighted by Crippen LogP contribution is 2.40. The number of nitrogens with zero attached hydrogens (tertiary/aromatic N) is 2. The predicted octanol–water partition coefficient (Wildman–Crippen LogP) is 3.16. The highest BCUT2D eigenvalue weighted by Gasteiger charge is 2.35. The average molecular weight is 360 g/mol. The first-order valence-corrected chi connectivity index (χ1v) is 7.99. The van der Waals surface area contributed by atoms with Gasteiger partial charge in [0.05, 0.1) is 23.3 Å². The molecule has 1 atom stereocenters. The van der Waals surface area contributed by atoms with Crippen molar-refractivity contribution in [3.05, 3.63) is 58.5 Å². The molecule has 0 fully saturated rings. The Balaban J connectivity index is 1.93. The van der Waals surface area contributed by atoms with Gasteiger partial charge >= 0.3 is 0 Å². The van der Waals surface area contributed by atoms with Crippen LogP contribution in [0.15, 0.2) is 30.5 Å². The van der Waals surface area contributed by atoms with Gasteiger partial charge in [0.15, 0.2) is 0 Å². The average Bonchev–Trinajstić information content (AvgIpc) is 3.11. The van der Waals surface area contributed by atoms with E-state index in [9.17, 15) is 18.0 Å². The lowest BCUT2D eigenvalue weighted by Gasteiger charge is -2.17. The number of benzene rings is 2. The molecule has 0 bridgehead atoms. The number of rotatable bonds is 3. The van der Waals surface area contributed by atoms with Crippen LogP contribution in [0.5, 0.6) is 0 Å². The van der Waals surface area contributed by atoms with Gasteiger partial charge in [-0.05, 0) is 36.2 Å². The van der Waals surface area contributed by atoms with E-state index >= 15 is 0 Å². The molecule has 26 heavy (non-hydrogen) atoms. The molecule has 0 saturated heterocycles. The number of hydrogen-bond donors (Lipinski definition) is 2. The fourth-order valence-corrected chi connectivity index (χ4v) is 3.52. The molecule has 1 aliphatic rings. The monoisotopic (exact) mass is 360 g/mol. The molecule has 1 unspecified atom stereocenters. The lowest BCUT2D eigenvalue weighted by atomic mass is 9.92. The lowest BCUT2D eigenvalue weighted by Crippen LogP contribution is -2.21. The predicted molar refractivity (Wildman–Crippen MR) is 90.6 cm³/mol. The van der Waals surface area contributed by atoms with E-state index in [2.05, 4.69) is 10.4 Å². The standard InChI is InChI=1S/C18H15F3N4O/c1-8-2-3-9(19)4-10(8)17-16-12(22)5-13-11(15(16)18(26)24-17)6-23-25(13)7-14(20)21/h2-6,14,17H,7,22H2,1H3,(H,24,26). The number of carbonyl (C=O) groups is 1. The maximum atomic E-state index is 13.7. The summed E-state index contributed by atoms with van der Waals surface area (Å²) in [6.07, 6.45) is -1.19. The first kappa shape index (κ1) is 16.4. The molecule has 2 aromatic carbocycles. The van der Waals surface area contributed by atoms with Crippen LogP contribution in [-0.2, 0) is 6.54 Å². The number of nitrogens with two attached hydrogens (primary N) is 1. The van der Waals surface area contributed by atoms with Crippen LogP contribution in [0.2, 0.25) is 0 Å². The number of fused-ring (bicyclic) bond motifs is 3. The number of hydrogen-bond acceptors (Lipinski definition) is 3. The molecule has 1 aromatic heterocycles. The minimum Gasteiger partial charge on any atom is -0.398 e. The van der Waals surface area contributed by atoms with Gasteiger partial charge in [0, 0.05) is 16.6 Å². The van der Waals surface area contributed by atoms with Gasteiger partial charge in [0.2, 0.25) is 0 Å². The van der Waals surface area contributed by atoms with Crippen molar-refractivity contribution in [2.45, 2.75) is 25.9 Å². The van der Waals surface area contributed by atoms with E-state index in [0.29, 0.717) is 27.6 Å². The Bertz CT molecular complexity index is 1040. The maximum Gasteiger partial charge on any atom is 0.257 e. The van der Waals surface area contributed by atoms with Gasteiger partial charge in [-0.15, -0.1) is 0 Å². The Kier molecular flexibility index (Phi) is 3.64. The minimum atomic E-state index is -2.58. The van der Waals surface area contributed by atoms with Crippen molar-refractivity contribution in [2.75, 3.05) is 5.73 Å². The lowest BCUT2D eigenvalue weighted by molar-refractivity contribution is 0.0961. The molecule has 5 nitrogen and oxygen atoms in total. The van der Waals surface area contributed by atoms with Crippen LogP contribution in [0.4, 0.5) is 18.9 Å². The van der Waals surface area contributed by atoms with Crippen molar-refractivity contribution in [3.8, 4) is 0 Å². The van der Waals surface area contributed by atoms with Crippen molar-refractivity contribution in [3.63, 3.8) is 0 Å². The van der Waals surface area contributed by atoms with Gasteiger partial charge in [0.1, 0.15) is 12.4 Å². The molecule has 1 amide bonds. The molecule has 0 saturated carbocycles. The zero-order valence-corrected chi connectivity index (χ0v) is 13.8. The number of nitrogens with one attached hydrogen (secondary N) is 1. The first-order valence-electron chi connectivity index (χ1n) is 7.99. The molecule has 1 aliphatic heterocycles. The molecule has 4 rings (SSSR count). The number of aryl methyl sites for hydroxylation is 1. The first-order chi connectivity index (χ1) is 12.4. The Morgan fingerprint density at radius 2 is 2.12 bits per heavy atom. The van der Waals surface area contributed by atoms with Crippen molar-refractivity contribution in [1.29, 1.82) is 0 Å². The molecule has 2 heterocycles. The van der Waals surface area contributed by atoms with E-state index < -0.39 is 24.8 Å². The molecule has 134 valence electrons. The molecular formula is C18H15F3N4O. The van der Waals surface area contributed by atoms with E-state index in [0.717, 1.165) is 10.2 Å². The Hall–Kier alpha value is -3.03. The third kappa shape index (κ3) is 2.40. The second kappa shape index (κ2) is 5.76. The summed E-state index contributed by atoms with van der Waals surface area (Å²) in [4.78, 5) is 12.6. The summed E-state index contributed by atoms with van der Waals surface area (Å²) >= 11 is 0. The highest BCUT2D eigenvalue weighted by atomic mass is 19.3. The van der Waals surface area contributed by atoms with Crippen LogP contribution < -0.4 is 11.1 Å². The molecule has 0 spiro atoms. The summed E-state index contributed by atoms with van der Waals surface area (Å²) in [5, 5.41) is 7.22. The van der Waals surface area contributed by atoms with Gasteiger partial charge in [0.25, 0.3) is 12.3 Å². The Morgan fingerprint density at radius 1 is 1.35 bits per heavy atom. The smallest absolute Gasteiger partial charge is 0.257 e. The molecule has 0 aliphatic carbocycles. The van der Waals surface area contributed by atoms with E-state index in [-0.39, 0.29) is 11.6 Å². The summed E-state index contributed by atoms with van der Waals surface area (Å²) in [7, 11) is 0. The second-order valence-corrected chi connectivity index (χ2v) is 6.31. The summed E-state index contributed by atoms with van der Waals surface area (Å²) in [5.74, 6) is -0.805. The number of aromatic nitrogens is 2. The van der Waals surface area contributed by atoms with Crippen LogP contribution in [-0.4, -0.2) is 22.1 Å². The van der Waals surface area contributed by atoms with Crippen LogP contribution in [0, 0.1) is 12.7 Å². The fourth-order valence-electron chi connectivity index (χ4n) is 3.52. The van der Waals surface area contributed by atoms with Gasteiger partial charge in [-0.25, -0.2) is 13.2 Å². The van der Waals surface area contributed by atoms with Crippen LogP contribution in [0.25, 0.3) is 10.9 Å². The zero-order chi connectivity index (χ0) is 18.6. The van der Waals surface area contributed by atoms with Crippen molar-refractivity contribution in [2.24, 2.45) is 0 Å². The van der Waals surface area contributed by atoms with Crippen LogP contribution >= 0.6 is 0 Å². The summed E-state index contributed by atoms with van der Waals surface area (Å²) in [6, 6.07) is 5.27. The maximum absolute atomic E-state index is 13.7. The summed E-state index contributed by atoms with van der Waals surface area (Å²) in [5.41, 5.74) is 9.03. The van der Waals surface area contributed by atoms with Gasteiger partial charge in [-0.2, -0.15) is 5.10 Å². The van der Waals surface area contributed by atoms with E-state index in [1.165, 1.54) is 24.4 Å². The zero-order valence-electron chi connectivity index (χ0n) is 13.8.